The number of anilines is 3. The molecule has 2 aromatic carbocycles. The Bertz CT molecular complexity index is 1800. The van der Waals surface area contributed by atoms with Gasteiger partial charge in [0.1, 0.15) is 28.8 Å². The zero-order valence-corrected chi connectivity index (χ0v) is 24.4. The van der Waals surface area contributed by atoms with E-state index in [2.05, 4.69) is 22.5 Å². The monoisotopic (exact) mass is 588 g/mol. The van der Waals surface area contributed by atoms with E-state index < -0.39 is 11.6 Å². The molecule has 42 heavy (non-hydrogen) atoms. The van der Waals surface area contributed by atoms with Crippen LogP contribution in [0.15, 0.2) is 30.9 Å². The number of nitrogen functional groups attached to an aromatic ring is 1. The second-order valence-corrected chi connectivity index (χ2v) is 11.9. The molecule has 0 bridgehead atoms. The molecule has 4 heterocycles. The highest BCUT2D eigenvalue weighted by Gasteiger charge is 2.35. The van der Waals surface area contributed by atoms with Gasteiger partial charge < -0.3 is 25.3 Å². The van der Waals surface area contributed by atoms with Gasteiger partial charge in [0.2, 0.25) is 5.91 Å². The zero-order chi connectivity index (χ0) is 29.9. The van der Waals surface area contributed by atoms with Crippen molar-refractivity contribution >= 4 is 55.0 Å². The maximum absolute atomic E-state index is 16.8. The Kier molecular flexibility index (Phi) is 6.95. The van der Waals surface area contributed by atoms with Gasteiger partial charge in [-0.1, -0.05) is 17.9 Å². The summed E-state index contributed by atoms with van der Waals surface area (Å²) in [5, 5.41) is 11.2. The summed E-state index contributed by atoms with van der Waals surface area (Å²) in [5.41, 5.74) is 8.61. The number of aryl methyl sites for hydroxylation is 1. The summed E-state index contributed by atoms with van der Waals surface area (Å²) in [6, 6.07) is 7.31. The second-order valence-electron chi connectivity index (χ2n) is 10.9. The van der Waals surface area contributed by atoms with E-state index in [4.69, 9.17) is 10.7 Å². The lowest BCUT2D eigenvalue weighted by atomic mass is 9.94. The van der Waals surface area contributed by atoms with E-state index in [1.807, 2.05) is 30.0 Å². The number of piperazine rings is 1. The Balaban J connectivity index is 1.57. The van der Waals surface area contributed by atoms with Gasteiger partial charge in [0.05, 0.1) is 15.9 Å². The Morgan fingerprint density at radius 2 is 1.88 bits per heavy atom. The van der Waals surface area contributed by atoms with Crippen molar-refractivity contribution < 1.29 is 13.6 Å². The number of carbonyl (C=O) groups is 1. The van der Waals surface area contributed by atoms with Crippen molar-refractivity contribution in [2.45, 2.75) is 13.0 Å². The average Bonchev–Trinajstić information content (AvgIpc) is 3.35. The quantitative estimate of drug-likeness (QED) is 0.347. The van der Waals surface area contributed by atoms with Crippen molar-refractivity contribution in [1.82, 2.24) is 19.8 Å². The number of fused-ring (bicyclic) bond motifs is 2. The molecule has 9 nitrogen and oxygen atoms in total. The van der Waals surface area contributed by atoms with Crippen molar-refractivity contribution in [3.63, 3.8) is 0 Å². The number of nitrogens with two attached hydrogens (primary N) is 1. The number of carbonyl (C=O) groups excluding carboxylic acids is 1. The maximum atomic E-state index is 16.8. The smallest absolute Gasteiger partial charge is 0.246 e. The van der Waals surface area contributed by atoms with E-state index in [-0.39, 0.29) is 32.9 Å². The van der Waals surface area contributed by atoms with E-state index >= 15 is 4.39 Å². The first-order valence-electron chi connectivity index (χ1n) is 13.6. The summed E-state index contributed by atoms with van der Waals surface area (Å²) in [6.45, 7) is 8.49. The third-order valence-corrected chi connectivity index (χ3v) is 9.13. The number of nitriles is 1. The van der Waals surface area contributed by atoms with Crippen molar-refractivity contribution in [1.29, 1.82) is 5.26 Å². The first-order chi connectivity index (χ1) is 20.1. The highest BCUT2D eigenvalue weighted by atomic mass is 32.1. The van der Waals surface area contributed by atoms with Gasteiger partial charge >= 0.3 is 0 Å². The lowest BCUT2D eigenvalue weighted by Crippen LogP contribution is -2.58. The zero-order valence-electron chi connectivity index (χ0n) is 23.6. The molecule has 2 N–H and O–H groups in total. The molecule has 0 unspecified atom stereocenters. The normalized spacial score (nSPS) is 15.9. The number of thiazole rings is 1. The number of pyridine rings is 1. The van der Waals surface area contributed by atoms with Crippen molar-refractivity contribution in [2.24, 2.45) is 0 Å². The minimum absolute atomic E-state index is 0.123. The van der Waals surface area contributed by atoms with Crippen LogP contribution in [0.2, 0.25) is 0 Å². The average molecular weight is 589 g/mol. The predicted molar refractivity (Wildman–Crippen MR) is 163 cm³/mol. The fraction of sp³-hybridized carbons (Fsp3) is 0.333. The molecule has 12 heteroatoms. The summed E-state index contributed by atoms with van der Waals surface area (Å²) in [4.78, 5) is 29.2. The molecule has 0 spiro atoms. The molecule has 6 rings (SSSR count). The van der Waals surface area contributed by atoms with Gasteiger partial charge in [-0.3, -0.25) is 4.79 Å². The van der Waals surface area contributed by atoms with Crippen molar-refractivity contribution in [3.8, 4) is 17.2 Å². The summed E-state index contributed by atoms with van der Waals surface area (Å²) >= 11 is 1.02. The van der Waals surface area contributed by atoms with Crippen LogP contribution < -0.4 is 15.5 Å². The summed E-state index contributed by atoms with van der Waals surface area (Å²) in [7, 11) is 4.00. The lowest BCUT2D eigenvalue weighted by molar-refractivity contribution is -0.126. The van der Waals surface area contributed by atoms with Crippen LogP contribution in [0, 0.1) is 29.9 Å². The van der Waals surface area contributed by atoms with E-state index in [9.17, 15) is 14.4 Å². The third kappa shape index (κ3) is 4.40. The van der Waals surface area contributed by atoms with Crippen molar-refractivity contribution in [2.75, 3.05) is 68.9 Å². The van der Waals surface area contributed by atoms with E-state index in [1.165, 1.54) is 18.2 Å². The van der Waals surface area contributed by atoms with Gasteiger partial charge in [0.25, 0.3) is 0 Å². The molecule has 4 aromatic rings. The molecule has 216 valence electrons. The van der Waals surface area contributed by atoms with Crippen LogP contribution in [0.5, 0.6) is 0 Å². The van der Waals surface area contributed by atoms with Gasteiger partial charge in [-0.05, 0) is 50.9 Å². The van der Waals surface area contributed by atoms with Crippen LogP contribution in [-0.4, -0.2) is 85.1 Å². The number of nitrogens with zero attached hydrogens (tertiary/aromatic N) is 7. The fourth-order valence-corrected chi connectivity index (χ4v) is 6.64. The Morgan fingerprint density at radius 3 is 2.52 bits per heavy atom. The number of benzene rings is 2. The number of halogens is 2. The second kappa shape index (κ2) is 10.5. The van der Waals surface area contributed by atoms with E-state index in [1.54, 1.807) is 11.8 Å². The van der Waals surface area contributed by atoms with Crippen LogP contribution in [-0.2, 0) is 4.79 Å². The third-order valence-electron chi connectivity index (χ3n) is 8.24. The van der Waals surface area contributed by atoms with Crippen LogP contribution in [0.1, 0.15) is 11.1 Å². The number of rotatable bonds is 5. The molecule has 2 aliphatic rings. The van der Waals surface area contributed by atoms with Gasteiger partial charge in [-0.25, -0.2) is 18.7 Å². The summed E-state index contributed by atoms with van der Waals surface area (Å²) < 4.78 is 31.7. The van der Waals surface area contributed by atoms with Crippen LogP contribution in [0.3, 0.4) is 0 Å². The van der Waals surface area contributed by atoms with E-state index in [0.29, 0.717) is 78.4 Å². The van der Waals surface area contributed by atoms with E-state index in [0.717, 1.165) is 11.3 Å². The molecular weight excluding hydrogens is 558 g/mol. The molecule has 2 saturated heterocycles. The first-order valence-corrected chi connectivity index (χ1v) is 14.4. The summed E-state index contributed by atoms with van der Waals surface area (Å²) in [6.07, 6.45) is 1.30. The highest BCUT2D eigenvalue weighted by Crippen LogP contribution is 2.43. The first kappa shape index (κ1) is 27.8. The SMILES string of the molecule is C=CC(=O)N1CCN(c2c(C#N)c(N3CC(N(C)C)C3)nc3c(F)c(-c4ccc(F)c5sc(N)nc45)c(C)cc23)CC1. The topological polar surface area (TPSA) is 106 Å². The van der Waals surface area contributed by atoms with Crippen LogP contribution in [0.4, 0.5) is 25.4 Å². The Hall–Kier alpha value is -4.34. The number of hydrogen-bond donors (Lipinski definition) is 1. The number of hydrogen-bond acceptors (Lipinski definition) is 9. The highest BCUT2D eigenvalue weighted by molar-refractivity contribution is 7.22. The largest absolute Gasteiger partial charge is 0.375 e. The molecule has 0 saturated carbocycles. The van der Waals surface area contributed by atoms with Crippen molar-refractivity contribution in [3.05, 3.63) is 53.6 Å². The molecule has 1 amide bonds. The molecule has 0 aliphatic carbocycles. The van der Waals surface area contributed by atoms with Crippen LogP contribution in [0.25, 0.3) is 32.2 Å². The summed E-state index contributed by atoms with van der Waals surface area (Å²) in [5.74, 6) is -0.754. The van der Waals surface area contributed by atoms with Gasteiger partial charge in [-0.15, -0.1) is 0 Å². The molecule has 2 fully saturated rings. The lowest BCUT2D eigenvalue weighted by Gasteiger charge is -2.44. The predicted octanol–water partition coefficient (Wildman–Crippen LogP) is 4.14. The van der Waals surface area contributed by atoms with Gasteiger partial charge in [0, 0.05) is 61.8 Å². The fourth-order valence-electron chi connectivity index (χ4n) is 5.88. The van der Waals surface area contributed by atoms with Crippen LogP contribution >= 0.6 is 11.3 Å². The van der Waals surface area contributed by atoms with Gasteiger partial charge in [-0.2, -0.15) is 5.26 Å². The standard InChI is InChI=1S/C30H30F2N8OS/c1-5-22(41)38-8-10-39(11-9-38)27-19-12-16(2)23(18-6-7-21(31)28-26(18)36-30(34)42-28)24(32)25(19)35-29(20(27)13-33)40-14-17(15-40)37(3)4/h5-7,12,17H,1,8-11,14-15H2,2-4H3,(H2,34,36). The number of likely N-dealkylation sites (N-methyl/N-ethyl adjacent to an activating group) is 1. The molecule has 2 aliphatic heterocycles. The molecule has 0 radical (unpaired) electrons. The Morgan fingerprint density at radius 1 is 1.17 bits per heavy atom. The number of aromatic nitrogens is 2. The molecular formula is C30H30F2N8OS. The maximum Gasteiger partial charge on any atom is 0.246 e. The number of amides is 1. The Labute approximate surface area is 246 Å². The molecule has 0 atom stereocenters. The van der Waals surface area contributed by atoms with Gasteiger partial charge in [0.15, 0.2) is 10.9 Å². The minimum atomic E-state index is -0.568. The molecule has 2 aromatic heterocycles. The minimum Gasteiger partial charge on any atom is -0.375 e.